The fraction of sp³-hybridized carbons (Fsp3) is 0.320. The quantitative estimate of drug-likeness (QED) is 0.377. The molecule has 164 valence electrons. The standard InChI is InChI=1S/C25H32N4O2/c1-29(2)22-14-12-19-15-21(13-11-20(19)16-22)28-23(9-6-10-24(26)30)25(31)27-17-18-7-4-3-5-8-18/h3-5,7-8,11-16,23-24,28,30H,6,9-10,17,26H2,1-2H3,(H,27,31). The lowest BCUT2D eigenvalue weighted by molar-refractivity contribution is -0.122. The molecule has 2 unspecified atom stereocenters. The van der Waals surface area contributed by atoms with E-state index in [9.17, 15) is 9.90 Å². The number of fused-ring (bicyclic) bond motifs is 1. The van der Waals surface area contributed by atoms with Crippen molar-refractivity contribution >= 4 is 28.1 Å². The average molecular weight is 421 g/mol. The largest absolute Gasteiger partial charge is 0.379 e. The third-order valence-electron chi connectivity index (χ3n) is 5.30. The molecule has 6 nitrogen and oxygen atoms in total. The Bertz CT molecular complexity index is 989. The van der Waals surface area contributed by atoms with E-state index in [4.69, 9.17) is 5.73 Å². The van der Waals surface area contributed by atoms with Gasteiger partial charge in [-0.05, 0) is 59.9 Å². The van der Waals surface area contributed by atoms with Gasteiger partial charge in [-0.15, -0.1) is 0 Å². The fourth-order valence-electron chi connectivity index (χ4n) is 3.51. The number of nitrogens with zero attached hydrogens (tertiary/aromatic N) is 1. The van der Waals surface area contributed by atoms with Crippen molar-refractivity contribution in [3.05, 3.63) is 72.3 Å². The SMILES string of the molecule is CN(C)c1ccc2cc(NC(CCCC(N)O)C(=O)NCc3ccccc3)ccc2c1. The van der Waals surface area contributed by atoms with Crippen molar-refractivity contribution in [3.63, 3.8) is 0 Å². The molecular weight excluding hydrogens is 388 g/mol. The molecule has 6 heteroatoms. The highest BCUT2D eigenvalue weighted by Crippen LogP contribution is 2.24. The molecule has 0 aromatic heterocycles. The molecule has 0 saturated heterocycles. The van der Waals surface area contributed by atoms with Gasteiger partial charge in [0.2, 0.25) is 5.91 Å². The first-order chi connectivity index (χ1) is 14.9. The number of carbonyl (C=O) groups is 1. The Hall–Kier alpha value is -3.09. The van der Waals surface area contributed by atoms with Crippen LogP contribution in [0.1, 0.15) is 24.8 Å². The molecule has 1 amide bonds. The second-order valence-electron chi connectivity index (χ2n) is 8.04. The summed E-state index contributed by atoms with van der Waals surface area (Å²) < 4.78 is 0. The number of carbonyl (C=O) groups excluding carboxylic acids is 1. The summed E-state index contributed by atoms with van der Waals surface area (Å²) in [5.74, 6) is -0.0709. The number of hydrogen-bond donors (Lipinski definition) is 4. The van der Waals surface area contributed by atoms with E-state index >= 15 is 0 Å². The van der Waals surface area contributed by atoms with Crippen LogP contribution >= 0.6 is 0 Å². The van der Waals surface area contributed by atoms with E-state index in [0.29, 0.717) is 25.8 Å². The predicted octanol–water partition coefficient (Wildman–Crippen LogP) is 3.45. The smallest absolute Gasteiger partial charge is 0.242 e. The molecule has 0 aliphatic rings. The molecule has 3 rings (SSSR count). The molecule has 0 aliphatic heterocycles. The highest BCUT2D eigenvalue weighted by atomic mass is 16.3. The van der Waals surface area contributed by atoms with Gasteiger partial charge in [-0.3, -0.25) is 4.79 Å². The predicted molar refractivity (Wildman–Crippen MR) is 128 cm³/mol. The number of aliphatic hydroxyl groups excluding tert-OH is 1. The van der Waals surface area contributed by atoms with Crippen LogP contribution in [0.4, 0.5) is 11.4 Å². The topological polar surface area (TPSA) is 90.6 Å². The van der Waals surface area contributed by atoms with E-state index in [1.54, 1.807) is 0 Å². The molecule has 3 aromatic rings. The molecule has 2 atom stereocenters. The van der Waals surface area contributed by atoms with Gasteiger partial charge in [-0.2, -0.15) is 0 Å². The summed E-state index contributed by atoms with van der Waals surface area (Å²) in [6.07, 6.45) is 0.815. The van der Waals surface area contributed by atoms with Crippen molar-refractivity contribution in [2.45, 2.75) is 38.1 Å². The zero-order chi connectivity index (χ0) is 22.2. The van der Waals surface area contributed by atoms with E-state index in [-0.39, 0.29) is 5.91 Å². The molecule has 0 saturated carbocycles. The van der Waals surface area contributed by atoms with Crippen LogP contribution in [0.5, 0.6) is 0 Å². The highest BCUT2D eigenvalue weighted by molar-refractivity contribution is 5.90. The highest BCUT2D eigenvalue weighted by Gasteiger charge is 2.18. The number of hydrogen-bond acceptors (Lipinski definition) is 5. The van der Waals surface area contributed by atoms with Crippen LogP contribution in [-0.2, 0) is 11.3 Å². The van der Waals surface area contributed by atoms with Crippen molar-refractivity contribution in [2.24, 2.45) is 5.73 Å². The van der Waals surface area contributed by atoms with Crippen LogP contribution in [0, 0.1) is 0 Å². The van der Waals surface area contributed by atoms with Gasteiger partial charge in [-0.1, -0.05) is 42.5 Å². The lowest BCUT2D eigenvalue weighted by atomic mass is 10.1. The zero-order valence-electron chi connectivity index (χ0n) is 18.2. The molecule has 3 aromatic carbocycles. The van der Waals surface area contributed by atoms with Crippen molar-refractivity contribution in [1.82, 2.24) is 5.32 Å². The Morgan fingerprint density at radius 2 is 1.71 bits per heavy atom. The van der Waals surface area contributed by atoms with Crippen molar-refractivity contribution in [3.8, 4) is 0 Å². The summed E-state index contributed by atoms with van der Waals surface area (Å²) in [4.78, 5) is 15.0. The first-order valence-electron chi connectivity index (χ1n) is 10.7. The lowest BCUT2D eigenvalue weighted by Gasteiger charge is -2.20. The summed E-state index contributed by atoms with van der Waals surface area (Å²) in [6.45, 7) is 0.475. The van der Waals surface area contributed by atoms with Crippen LogP contribution in [0.15, 0.2) is 66.7 Å². The Kier molecular flexibility index (Phi) is 7.87. The maximum atomic E-state index is 12.9. The normalized spacial score (nSPS) is 12.9. The second kappa shape index (κ2) is 10.8. The van der Waals surface area contributed by atoms with Gasteiger partial charge in [0.1, 0.15) is 12.3 Å². The van der Waals surface area contributed by atoms with E-state index in [0.717, 1.165) is 27.7 Å². The van der Waals surface area contributed by atoms with Gasteiger partial charge < -0.3 is 26.4 Å². The van der Waals surface area contributed by atoms with Crippen molar-refractivity contribution < 1.29 is 9.90 Å². The number of amides is 1. The van der Waals surface area contributed by atoms with Crippen molar-refractivity contribution in [2.75, 3.05) is 24.3 Å². The molecule has 0 fully saturated rings. The number of anilines is 2. The molecular formula is C25H32N4O2. The Morgan fingerprint density at radius 1 is 1.00 bits per heavy atom. The number of benzene rings is 3. The average Bonchev–Trinajstić information content (AvgIpc) is 2.76. The van der Waals surface area contributed by atoms with E-state index < -0.39 is 12.3 Å². The summed E-state index contributed by atoms with van der Waals surface area (Å²) in [6, 6.07) is 21.9. The summed E-state index contributed by atoms with van der Waals surface area (Å²) in [7, 11) is 4.04. The third kappa shape index (κ3) is 6.70. The molecule has 5 N–H and O–H groups in total. The first kappa shape index (κ1) is 22.6. The minimum atomic E-state index is -0.861. The van der Waals surface area contributed by atoms with Gasteiger partial charge in [-0.25, -0.2) is 0 Å². The summed E-state index contributed by atoms with van der Waals surface area (Å²) in [5, 5.41) is 18.0. The number of nitrogens with one attached hydrogen (secondary N) is 2. The molecule has 31 heavy (non-hydrogen) atoms. The zero-order valence-corrected chi connectivity index (χ0v) is 18.2. The van der Waals surface area contributed by atoms with Crippen LogP contribution in [0.25, 0.3) is 10.8 Å². The Labute approximate surface area is 184 Å². The maximum Gasteiger partial charge on any atom is 0.242 e. The lowest BCUT2D eigenvalue weighted by Crippen LogP contribution is -2.39. The van der Waals surface area contributed by atoms with E-state index in [2.05, 4.69) is 45.9 Å². The van der Waals surface area contributed by atoms with Gasteiger partial charge in [0.25, 0.3) is 0 Å². The monoisotopic (exact) mass is 420 g/mol. The molecule has 0 aliphatic carbocycles. The van der Waals surface area contributed by atoms with Crippen molar-refractivity contribution in [1.29, 1.82) is 0 Å². The first-order valence-corrected chi connectivity index (χ1v) is 10.7. The third-order valence-corrected chi connectivity index (χ3v) is 5.30. The van der Waals surface area contributed by atoms with Gasteiger partial charge in [0.15, 0.2) is 0 Å². The van der Waals surface area contributed by atoms with Gasteiger partial charge in [0.05, 0.1) is 0 Å². The summed E-state index contributed by atoms with van der Waals surface area (Å²) >= 11 is 0. The van der Waals surface area contributed by atoms with Gasteiger partial charge >= 0.3 is 0 Å². The number of rotatable bonds is 10. The maximum absolute atomic E-state index is 12.9. The number of aliphatic hydroxyl groups is 1. The van der Waals surface area contributed by atoms with Crippen LogP contribution in [0.2, 0.25) is 0 Å². The Morgan fingerprint density at radius 3 is 2.42 bits per heavy atom. The summed E-state index contributed by atoms with van der Waals surface area (Å²) in [5.41, 5.74) is 8.55. The molecule has 0 radical (unpaired) electrons. The van der Waals surface area contributed by atoms with Gasteiger partial charge in [0, 0.05) is 32.0 Å². The number of nitrogens with two attached hydrogens (primary N) is 1. The van der Waals surface area contributed by atoms with E-state index in [1.807, 2.05) is 50.5 Å². The van der Waals surface area contributed by atoms with Crippen LogP contribution < -0.4 is 21.3 Å². The molecule has 0 bridgehead atoms. The molecule has 0 heterocycles. The Balaban J connectivity index is 1.71. The van der Waals surface area contributed by atoms with Crippen LogP contribution in [0.3, 0.4) is 0 Å². The van der Waals surface area contributed by atoms with E-state index in [1.165, 1.54) is 0 Å². The fourth-order valence-corrected chi connectivity index (χ4v) is 3.51. The minimum absolute atomic E-state index is 0.0709. The minimum Gasteiger partial charge on any atom is -0.379 e. The van der Waals surface area contributed by atoms with Crippen LogP contribution in [-0.4, -0.2) is 37.4 Å². The molecule has 0 spiro atoms. The second-order valence-corrected chi connectivity index (χ2v) is 8.04.